The SMILES string of the molecule is C[C@]1(O)[C@H](O)[C@@H](CO)O[C@H](OC2(CO)O[C@H](CO)[C@@H](O)[C@@H]2O)[C@@H]1O. The maximum absolute atomic E-state index is 10.2. The van der Waals surface area contributed by atoms with Gasteiger partial charge in [-0.05, 0) is 6.92 Å². The van der Waals surface area contributed by atoms with Crippen molar-refractivity contribution in [2.24, 2.45) is 0 Å². The summed E-state index contributed by atoms with van der Waals surface area (Å²) < 4.78 is 15.6. The smallest absolute Gasteiger partial charge is 0.224 e. The molecule has 0 radical (unpaired) electrons. The minimum atomic E-state index is -2.24. The summed E-state index contributed by atoms with van der Waals surface area (Å²) in [5.41, 5.74) is -2.13. The zero-order chi connectivity index (χ0) is 18.3. The zero-order valence-corrected chi connectivity index (χ0v) is 13.0. The summed E-state index contributed by atoms with van der Waals surface area (Å²) in [5.74, 6) is -2.24. The van der Waals surface area contributed by atoms with E-state index in [2.05, 4.69) is 0 Å². The zero-order valence-electron chi connectivity index (χ0n) is 13.0. The van der Waals surface area contributed by atoms with Crippen LogP contribution in [0.4, 0.5) is 0 Å². The van der Waals surface area contributed by atoms with Crippen molar-refractivity contribution in [2.75, 3.05) is 19.8 Å². The fourth-order valence-corrected chi connectivity index (χ4v) is 2.85. The third kappa shape index (κ3) is 3.06. The number of hydrogen-bond acceptors (Lipinski definition) is 11. The van der Waals surface area contributed by atoms with Crippen molar-refractivity contribution < 1.29 is 55.1 Å². The lowest BCUT2D eigenvalue weighted by molar-refractivity contribution is -0.395. The van der Waals surface area contributed by atoms with E-state index in [0.717, 1.165) is 6.92 Å². The molecule has 0 aromatic rings. The summed E-state index contributed by atoms with van der Waals surface area (Å²) in [6.45, 7) is -1.26. The van der Waals surface area contributed by atoms with E-state index >= 15 is 0 Å². The van der Waals surface area contributed by atoms with Crippen LogP contribution < -0.4 is 0 Å². The molecule has 0 spiro atoms. The number of aliphatic hydroxyl groups is 8. The Morgan fingerprint density at radius 3 is 1.96 bits per heavy atom. The van der Waals surface area contributed by atoms with Crippen LogP contribution in [-0.2, 0) is 14.2 Å². The summed E-state index contributed by atoms with van der Waals surface area (Å²) in [5, 5.41) is 78.0. The highest BCUT2D eigenvalue weighted by Crippen LogP contribution is 2.37. The Labute approximate surface area is 137 Å². The Morgan fingerprint density at radius 1 is 0.917 bits per heavy atom. The first kappa shape index (κ1) is 19.9. The van der Waals surface area contributed by atoms with Crippen LogP contribution in [0.5, 0.6) is 0 Å². The molecule has 2 heterocycles. The highest BCUT2D eigenvalue weighted by atomic mass is 16.8. The van der Waals surface area contributed by atoms with E-state index in [4.69, 9.17) is 19.3 Å². The molecule has 2 saturated heterocycles. The summed E-state index contributed by atoms with van der Waals surface area (Å²) in [6.07, 6.45) is -11.1. The average Bonchev–Trinajstić information content (AvgIpc) is 2.81. The Morgan fingerprint density at radius 2 is 1.50 bits per heavy atom. The van der Waals surface area contributed by atoms with Crippen LogP contribution in [0.3, 0.4) is 0 Å². The van der Waals surface area contributed by atoms with Crippen LogP contribution in [0.25, 0.3) is 0 Å². The largest absolute Gasteiger partial charge is 0.394 e. The third-order valence-corrected chi connectivity index (χ3v) is 4.52. The Kier molecular flexibility index (Phi) is 5.84. The van der Waals surface area contributed by atoms with Gasteiger partial charge in [0, 0.05) is 0 Å². The molecule has 11 nitrogen and oxygen atoms in total. The molecule has 0 aromatic heterocycles. The number of rotatable bonds is 5. The molecule has 0 saturated carbocycles. The molecule has 2 aliphatic heterocycles. The Balaban J connectivity index is 2.24. The molecule has 0 aliphatic carbocycles. The molecule has 0 aromatic carbocycles. The maximum atomic E-state index is 10.2. The standard InChI is InChI=1S/C13H24O11/c1-12(21)8(18)6(3-15)22-11(10(12)20)24-13(4-16)9(19)7(17)5(2-14)23-13/h5-11,14-21H,2-4H2,1H3/t5-,6-,7-,8-,9+,10+,11-,12+,13?/m1/s1. The molecule has 8 N–H and O–H groups in total. The fourth-order valence-electron chi connectivity index (χ4n) is 2.85. The van der Waals surface area contributed by atoms with Crippen molar-refractivity contribution in [3.05, 3.63) is 0 Å². The highest BCUT2D eigenvalue weighted by Gasteiger charge is 2.60. The van der Waals surface area contributed by atoms with Crippen LogP contribution in [0.15, 0.2) is 0 Å². The molecule has 1 unspecified atom stereocenters. The molecule has 2 fully saturated rings. The Hall–Kier alpha value is -0.440. The van der Waals surface area contributed by atoms with E-state index in [9.17, 15) is 35.7 Å². The monoisotopic (exact) mass is 356 g/mol. The molecule has 24 heavy (non-hydrogen) atoms. The molecule has 11 heteroatoms. The number of hydrogen-bond donors (Lipinski definition) is 8. The van der Waals surface area contributed by atoms with Gasteiger partial charge in [0.15, 0.2) is 6.29 Å². The van der Waals surface area contributed by atoms with Gasteiger partial charge < -0.3 is 55.1 Å². The quantitative estimate of drug-likeness (QED) is 0.235. The van der Waals surface area contributed by atoms with Crippen LogP contribution in [0.2, 0.25) is 0 Å². The Bertz CT molecular complexity index is 432. The van der Waals surface area contributed by atoms with Gasteiger partial charge in [0.1, 0.15) is 48.8 Å². The second-order valence-electron chi connectivity index (χ2n) is 6.20. The topological polar surface area (TPSA) is 190 Å². The average molecular weight is 356 g/mol. The van der Waals surface area contributed by atoms with E-state index in [1.807, 2.05) is 0 Å². The highest BCUT2D eigenvalue weighted by molar-refractivity contribution is 5.02. The van der Waals surface area contributed by atoms with E-state index in [-0.39, 0.29) is 0 Å². The summed E-state index contributed by atoms with van der Waals surface area (Å²) in [4.78, 5) is 0. The minimum Gasteiger partial charge on any atom is -0.394 e. The van der Waals surface area contributed by atoms with Crippen LogP contribution >= 0.6 is 0 Å². The first-order chi connectivity index (χ1) is 11.1. The summed E-state index contributed by atoms with van der Waals surface area (Å²) >= 11 is 0. The summed E-state index contributed by atoms with van der Waals surface area (Å²) in [6, 6.07) is 0. The van der Waals surface area contributed by atoms with Crippen molar-refractivity contribution in [3.63, 3.8) is 0 Å². The molecule has 142 valence electrons. The fraction of sp³-hybridized carbons (Fsp3) is 1.00. The van der Waals surface area contributed by atoms with Gasteiger partial charge in [-0.3, -0.25) is 0 Å². The first-order valence-corrected chi connectivity index (χ1v) is 7.43. The van der Waals surface area contributed by atoms with Gasteiger partial charge in [-0.25, -0.2) is 0 Å². The van der Waals surface area contributed by atoms with Gasteiger partial charge in [0.25, 0.3) is 0 Å². The van der Waals surface area contributed by atoms with Gasteiger partial charge in [0.2, 0.25) is 5.79 Å². The predicted molar refractivity (Wildman–Crippen MR) is 73.3 cm³/mol. The van der Waals surface area contributed by atoms with Crippen molar-refractivity contribution in [2.45, 2.75) is 61.2 Å². The molecule has 0 bridgehead atoms. The van der Waals surface area contributed by atoms with Gasteiger partial charge in [-0.15, -0.1) is 0 Å². The van der Waals surface area contributed by atoms with Crippen molar-refractivity contribution in [1.29, 1.82) is 0 Å². The van der Waals surface area contributed by atoms with Gasteiger partial charge >= 0.3 is 0 Å². The van der Waals surface area contributed by atoms with E-state index in [0.29, 0.717) is 0 Å². The van der Waals surface area contributed by atoms with Gasteiger partial charge in [-0.2, -0.15) is 0 Å². The predicted octanol–water partition coefficient (Wildman–Crippen LogP) is -5.01. The van der Waals surface area contributed by atoms with Crippen LogP contribution in [-0.4, -0.2) is 115 Å². The molecule has 9 atom stereocenters. The molecule has 0 amide bonds. The van der Waals surface area contributed by atoms with E-state index in [1.165, 1.54) is 0 Å². The second kappa shape index (κ2) is 7.05. The lowest BCUT2D eigenvalue weighted by atomic mass is 9.86. The second-order valence-corrected chi connectivity index (χ2v) is 6.20. The van der Waals surface area contributed by atoms with Crippen LogP contribution in [0.1, 0.15) is 6.92 Å². The van der Waals surface area contributed by atoms with Crippen molar-refractivity contribution >= 4 is 0 Å². The molecule has 2 rings (SSSR count). The summed E-state index contributed by atoms with van der Waals surface area (Å²) in [7, 11) is 0. The maximum Gasteiger partial charge on any atom is 0.224 e. The van der Waals surface area contributed by atoms with Crippen LogP contribution in [0, 0.1) is 0 Å². The minimum absolute atomic E-state index is 0.674. The van der Waals surface area contributed by atoms with Gasteiger partial charge in [-0.1, -0.05) is 0 Å². The third-order valence-electron chi connectivity index (χ3n) is 4.52. The van der Waals surface area contributed by atoms with E-state index < -0.39 is 74.1 Å². The number of ether oxygens (including phenoxy) is 3. The molecular formula is C13H24O11. The van der Waals surface area contributed by atoms with Crippen molar-refractivity contribution in [3.8, 4) is 0 Å². The van der Waals surface area contributed by atoms with Crippen molar-refractivity contribution in [1.82, 2.24) is 0 Å². The van der Waals surface area contributed by atoms with Gasteiger partial charge in [0.05, 0.1) is 13.2 Å². The lowest BCUT2D eigenvalue weighted by Gasteiger charge is -2.47. The lowest BCUT2D eigenvalue weighted by Crippen LogP contribution is -2.68. The normalized spacial score (nSPS) is 52.6. The molecule has 2 aliphatic rings. The first-order valence-electron chi connectivity index (χ1n) is 7.43. The molecular weight excluding hydrogens is 332 g/mol. The number of aliphatic hydroxyl groups excluding tert-OH is 7. The van der Waals surface area contributed by atoms with E-state index in [1.54, 1.807) is 0 Å².